The third-order valence-electron chi connectivity index (χ3n) is 2.41. The van der Waals surface area contributed by atoms with Gasteiger partial charge in [0.25, 0.3) is 0 Å². The van der Waals surface area contributed by atoms with E-state index in [0.717, 1.165) is 25.9 Å². The normalized spacial score (nSPS) is 10.6. The molecule has 0 aromatic carbocycles. The van der Waals surface area contributed by atoms with Crippen molar-refractivity contribution in [3.05, 3.63) is 33.1 Å². The molecule has 1 aromatic rings. The summed E-state index contributed by atoms with van der Waals surface area (Å²) in [5.74, 6) is 0. The summed E-state index contributed by atoms with van der Waals surface area (Å²) in [5.41, 5.74) is -0.912. The Bertz CT molecular complexity index is 434. The van der Waals surface area contributed by atoms with Crippen LogP contribution in [-0.2, 0) is 13.6 Å². The summed E-state index contributed by atoms with van der Waals surface area (Å²) >= 11 is 0. The zero-order valence-corrected chi connectivity index (χ0v) is 9.90. The van der Waals surface area contributed by atoms with Crippen LogP contribution in [0.25, 0.3) is 0 Å². The van der Waals surface area contributed by atoms with Crippen LogP contribution in [0.5, 0.6) is 0 Å². The second-order valence-electron chi connectivity index (χ2n) is 3.82. The van der Waals surface area contributed by atoms with E-state index in [1.807, 2.05) is 0 Å². The van der Waals surface area contributed by atoms with E-state index in [4.69, 9.17) is 0 Å². The number of rotatable bonds is 6. The Hall–Kier alpha value is -1.36. The van der Waals surface area contributed by atoms with Gasteiger partial charge in [-0.05, 0) is 25.9 Å². The van der Waals surface area contributed by atoms with Crippen molar-refractivity contribution in [3.8, 4) is 0 Å². The first-order chi connectivity index (χ1) is 7.66. The molecule has 1 aromatic heterocycles. The Kier molecular flexibility index (Phi) is 4.98. The Labute approximate surface area is 94.7 Å². The molecule has 0 radical (unpaired) electrons. The van der Waals surface area contributed by atoms with Crippen LogP contribution in [0.3, 0.4) is 0 Å². The second kappa shape index (κ2) is 6.27. The maximum absolute atomic E-state index is 11.5. The largest absolute Gasteiger partial charge is 0.317 e. The van der Waals surface area contributed by atoms with Crippen LogP contribution in [0.2, 0.25) is 0 Å². The smallest absolute Gasteiger partial charge is 0.316 e. The van der Waals surface area contributed by atoms with Crippen molar-refractivity contribution in [2.24, 2.45) is 7.05 Å². The highest BCUT2D eigenvalue weighted by atomic mass is 16.2. The molecule has 0 aliphatic rings. The number of hydrogen-bond acceptors (Lipinski definition) is 3. The van der Waals surface area contributed by atoms with Gasteiger partial charge in [0.15, 0.2) is 0 Å². The van der Waals surface area contributed by atoms with Crippen LogP contribution in [0.4, 0.5) is 0 Å². The predicted molar refractivity (Wildman–Crippen MR) is 63.7 cm³/mol. The van der Waals surface area contributed by atoms with Crippen LogP contribution in [0.15, 0.2) is 22.0 Å². The zero-order chi connectivity index (χ0) is 12.0. The molecule has 90 valence electrons. The first kappa shape index (κ1) is 12.7. The SMILES string of the molecule is CCCNCCCn1ccn(C)c(=O)c1=O. The van der Waals surface area contributed by atoms with E-state index in [9.17, 15) is 9.59 Å². The Morgan fingerprint density at radius 3 is 2.62 bits per heavy atom. The molecule has 0 saturated carbocycles. The highest BCUT2D eigenvalue weighted by molar-refractivity contribution is 4.84. The van der Waals surface area contributed by atoms with Gasteiger partial charge in [0.2, 0.25) is 0 Å². The Balaban J connectivity index is 2.52. The van der Waals surface area contributed by atoms with E-state index in [-0.39, 0.29) is 0 Å². The molecule has 0 aliphatic carbocycles. The van der Waals surface area contributed by atoms with Gasteiger partial charge in [-0.25, -0.2) is 0 Å². The van der Waals surface area contributed by atoms with Crippen LogP contribution in [-0.4, -0.2) is 22.2 Å². The highest BCUT2D eigenvalue weighted by Gasteiger charge is 2.01. The predicted octanol–water partition coefficient (Wildman–Crippen LogP) is -0.0633. The number of aromatic nitrogens is 2. The summed E-state index contributed by atoms with van der Waals surface area (Å²) in [6.45, 7) is 4.56. The van der Waals surface area contributed by atoms with E-state index in [2.05, 4.69) is 12.2 Å². The zero-order valence-electron chi connectivity index (χ0n) is 9.90. The molecule has 1 rings (SSSR count). The van der Waals surface area contributed by atoms with Gasteiger partial charge in [-0.3, -0.25) is 9.59 Å². The average Bonchev–Trinajstić information content (AvgIpc) is 2.28. The molecule has 5 nitrogen and oxygen atoms in total. The average molecular weight is 225 g/mol. The summed E-state index contributed by atoms with van der Waals surface area (Å²) < 4.78 is 2.77. The molecule has 0 fully saturated rings. The monoisotopic (exact) mass is 225 g/mol. The van der Waals surface area contributed by atoms with Crippen molar-refractivity contribution in [2.75, 3.05) is 13.1 Å². The van der Waals surface area contributed by atoms with E-state index in [1.165, 1.54) is 9.13 Å². The van der Waals surface area contributed by atoms with E-state index >= 15 is 0 Å². The van der Waals surface area contributed by atoms with Gasteiger partial charge in [-0.1, -0.05) is 6.92 Å². The molecule has 0 amide bonds. The van der Waals surface area contributed by atoms with E-state index in [1.54, 1.807) is 19.4 Å². The van der Waals surface area contributed by atoms with E-state index in [0.29, 0.717) is 6.54 Å². The van der Waals surface area contributed by atoms with Crippen molar-refractivity contribution >= 4 is 0 Å². The van der Waals surface area contributed by atoms with Gasteiger partial charge in [0.1, 0.15) is 0 Å². The fraction of sp³-hybridized carbons (Fsp3) is 0.636. The van der Waals surface area contributed by atoms with Gasteiger partial charge >= 0.3 is 11.1 Å². The number of aryl methyl sites for hydroxylation is 2. The minimum atomic E-state index is -0.469. The van der Waals surface area contributed by atoms with Gasteiger partial charge < -0.3 is 14.5 Å². The van der Waals surface area contributed by atoms with Gasteiger partial charge in [-0.2, -0.15) is 0 Å². The standard InChI is InChI=1S/C11H19N3O2/c1-3-5-12-6-4-7-14-9-8-13(2)10(15)11(14)16/h8-9,12H,3-7H2,1-2H3. The highest BCUT2D eigenvalue weighted by Crippen LogP contribution is 1.84. The van der Waals surface area contributed by atoms with Crippen molar-refractivity contribution in [1.29, 1.82) is 0 Å². The lowest BCUT2D eigenvalue weighted by Crippen LogP contribution is -2.39. The quantitative estimate of drug-likeness (QED) is 0.545. The summed E-state index contributed by atoms with van der Waals surface area (Å²) in [4.78, 5) is 22.9. The Morgan fingerprint density at radius 2 is 1.94 bits per heavy atom. The summed E-state index contributed by atoms with van der Waals surface area (Å²) in [6, 6.07) is 0. The van der Waals surface area contributed by atoms with Gasteiger partial charge in [0, 0.05) is 26.0 Å². The Morgan fingerprint density at radius 1 is 1.19 bits per heavy atom. The van der Waals surface area contributed by atoms with Crippen LogP contribution in [0.1, 0.15) is 19.8 Å². The number of hydrogen-bond donors (Lipinski definition) is 1. The van der Waals surface area contributed by atoms with Crippen molar-refractivity contribution in [1.82, 2.24) is 14.5 Å². The van der Waals surface area contributed by atoms with Crippen LogP contribution in [0, 0.1) is 0 Å². The maximum atomic E-state index is 11.5. The summed E-state index contributed by atoms with van der Waals surface area (Å²) in [6.07, 6.45) is 5.23. The van der Waals surface area contributed by atoms with Crippen LogP contribution >= 0.6 is 0 Å². The summed E-state index contributed by atoms with van der Waals surface area (Å²) in [5, 5.41) is 3.25. The molecular weight excluding hydrogens is 206 g/mol. The molecular formula is C11H19N3O2. The first-order valence-electron chi connectivity index (χ1n) is 5.63. The number of nitrogens with zero attached hydrogens (tertiary/aromatic N) is 2. The molecule has 0 saturated heterocycles. The molecule has 0 unspecified atom stereocenters. The van der Waals surface area contributed by atoms with Gasteiger partial charge in [-0.15, -0.1) is 0 Å². The molecule has 5 heteroatoms. The topological polar surface area (TPSA) is 56.0 Å². The lowest BCUT2D eigenvalue weighted by Gasteiger charge is -2.06. The van der Waals surface area contributed by atoms with Crippen molar-refractivity contribution in [3.63, 3.8) is 0 Å². The van der Waals surface area contributed by atoms with Crippen molar-refractivity contribution < 1.29 is 0 Å². The van der Waals surface area contributed by atoms with E-state index < -0.39 is 11.1 Å². The lowest BCUT2D eigenvalue weighted by atomic mass is 10.4. The number of nitrogens with one attached hydrogen (secondary N) is 1. The molecule has 0 atom stereocenters. The molecule has 0 spiro atoms. The molecule has 1 heterocycles. The fourth-order valence-corrected chi connectivity index (χ4v) is 1.44. The first-order valence-corrected chi connectivity index (χ1v) is 5.63. The minimum Gasteiger partial charge on any atom is -0.317 e. The van der Waals surface area contributed by atoms with Crippen LogP contribution < -0.4 is 16.4 Å². The fourth-order valence-electron chi connectivity index (χ4n) is 1.44. The second-order valence-corrected chi connectivity index (χ2v) is 3.82. The molecule has 16 heavy (non-hydrogen) atoms. The lowest BCUT2D eigenvalue weighted by molar-refractivity contribution is 0.558. The van der Waals surface area contributed by atoms with Gasteiger partial charge in [0.05, 0.1) is 0 Å². The summed E-state index contributed by atoms with van der Waals surface area (Å²) in [7, 11) is 1.58. The van der Waals surface area contributed by atoms with Crippen molar-refractivity contribution in [2.45, 2.75) is 26.3 Å². The third kappa shape index (κ3) is 3.34. The molecule has 0 bridgehead atoms. The minimum absolute atomic E-state index is 0.444. The maximum Gasteiger partial charge on any atom is 0.316 e. The molecule has 0 aliphatic heterocycles. The third-order valence-corrected chi connectivity index (χ3v) is 2.41. The molecule has 1 N–H and O–H groups in total.